The van der Waals surface area contributed by atoms with Crippen molar-refractivity contribution in [2.75, 3.05) is 4.90 Å². The molecule has 5 aromatic rings. The van der Waals surface area contributed by atoms with Gasteiger partial charge in [-0.1, -0.05) is 113 Å². The van der Waals surface area contributed by atoms with E-state index in [1.807, 2.05) is 0 Å². The van der Waals surface area contributed by atoms with Crippen LogP contribution in [0.5, 0.6) is 0 Å². The molecule has 0 heterocycles. The lowest BCUT2D eigenvalue weighted by molar-refractivity contribution is -0.0397. The van der Waals surface area contributed by atoms with E-state index >= 15 is 0 Å². The first-order chi connectivity index (χ1) is 23.8. The van der Waals surface area contributed by atoms with E-state index in [-0.39, 0.29) is 16.2 Å². The molecule has 1 heteroatoms. The molecule has 0 aromatic heterocycles. The summed E-state index contributed by atoms with van der Waals surface area (Å²) < 4.78 is 0. The van der Waals surface area contributed by atoms with Crippen LogP contribution in [0.25, 0.3) is 22.3 Å². The Morgan fingerprint density at radius 1 is 0.490 bits per heavy atom. The molecule has 4 bridgehead atoms. The monoisotopic (exact) mass is 639 g/mol. The number of hydrogen-bond acceptors (Lipinski definition) is 1. The topological polar surface area (TPSA) is 3.24 Å². The molecule has 6 aliphatic rings. The fraction of sp³-hybridized carbons (Fsp3) is 0.375. The van der Waals surface area contributed by atoms with Crippen LogP contribution in [-0.2, 0) is 16.2 Å². The summed E-state index contributed by atoms with van der Waals surface area (Å²) in [5.74, 6) is 3.31. The molecule has 5 aromatic carbocycles. The third-order valence-corrected chi connectivity index (χ3v) is 14.1. The summed E-state index contributed by atoms with van der Waals surface area (Å²) in [4.78, 5) is 2.59. The quantitative estimate of drug-likeness (QED) is 0.189. The van der Waals surface area contributed by atoms with E-state index in [1.165, 1.54) is 95.4 Å². The predicted molar refractivity (Wildman–Crippen MR) is 205 cm³/mol. The highest BCUT2D eigenvalue weighted by Crippen LogP contribution is 2.70. The second-order valence-corrected chi connectivity index (χ2v) is 17.6. The minimum atomic E-state index is 0.0901. The Labute approximate surface area is 293 Å². The Morgan fingerprint density at radius 3 is 1.84 bits per heavy atom. The van der Waals surface area contributed by atoms with Gasteiger partial charge < -0.3 is 4.90 Å². The van der Waals surface area contributed by atoms with Gasteiger partial charge in [0, 0.05) is 16.8 Å². The number of para-hydroxylation sites is 1. The average Bonchev–Trinajstić information content (AvgIpc) is 3.40. The van der Waals surface area contributed by atoms with Crippen LogP contribution >= 0.6 is 0 Å². The van der Waals surface area contributed by atoms with Gasteiger partial charge in [-0.25, -0.2) is 0 Å². The summed E-state index contributed by atoms with van der Waals surface area (Å²) in [7, 11) is 0. The van der Waals surface area contributed by atoms with Crippen molar-refractivity contribution in [1.82, 2.24) is 0 Å². The van der Waals surface area contributed by atoms with E-state index in [0.29, 0.717) is 0 Å². The first-order valence-electron chi connectivity index (χ1n) is 19.1. The zero-order valence-corrected chi connectivity index (χ0v) is 29.7. The lowest BCUT2D eigenvalue weighted by Crippen LogP contribution is -2.55. The maximum atomic E-state index is 2.60. The lowest BCUT2D eigenvalue weighted by Gasteiger charge is -2.61. The molecule has 4 saturated carbocycles. The number of hydrogen-bond donors (Lipinski definition) is 0. The summed E-state index contributed by atoms with van der Waals surface area (Å²) >= 11 is 0. The van der Waals surface area contributed by atoms with Crippen LogP contribution in [-0.4, -0.2) is 0 Å². The van der Waals surface area contributed by atoms with Gasteiger partial charge in [0.15, 0.2) is 0 Å². The van der Waals surface area contributed by atoms with Crippen molar-refractivity contribution in [3.8, 4) is 22.3 Å². The summed E-state index contributed by atoms with van der Waals surface area (Å²) in [6.07, 6.45) is 9.47. The number of fused-ring (bicyclic) bond motifs is 4. The third-order valence-electron chi connectivity index (χ3n) is 14.1. The van der Waals surface area contributed by atoms with Gasteiger partial charge in [0.1, 0.15) is 0 Å². The van der Waals surface area contributed by atoms with Gasteiger partial charge >= 0.3 is 0 Å². The Morgan fingerprint density at radius 2 is 1.12 bits per heavy atom. The zero-order valence-electron chi connectivity index (χ0n) is 29.7. The standard InChI is InChI=1S/C48H49N/c1-46(2)23-24-47(3,4)45-42(46)19-12-20-43(45)49(36-15-9-6-10-16-36)37-21-22-41-40(30-37)39-18-11-17-38(33-13-7-5-8-14-33)44(39)48(41)34-26-31-25-32(28-34)29-35(48)27-31/h5-22,30-32,34-35H,23-29H2,1-4H3. The normalized spacial score (nSPS) is 27.8. The van der Waals surface area contributed by atoms with Crippen molar-refractivity contribution >= 4 is 17.1 Å². The molecule has 0 atom stereocenters. The van der Waals surface area contributed by atoms with Gasteiger partial charge in [0.25, 0.3) is 0 Å². The summed E-state index contributed by atoms with van der Waals surface area (Å²) in [5, 5.41) is 0. The fourth-order valence-corrected chi connectivity index (χ4v) is 12.1. The maximum absolute atomic E-state index is 2.60. The van der Waals surface area contributed by atoms with E-state index in [1.54, 1.807) is 11.1 Å². The van der Waals surface area contributed by atoms with Crippen molar-refractivity contribution < 1.29 is 0 Å². The molecule has 0 unspecified atom stereocenters. The summed E-state index contributed by atoms with van der Waals surface area (Å²) in [6.45, 7) is 9.82. The molecule has 1 spiro atoms. The number of nitrogens with zero attached hydrogens (tertiary/aromatic N) is 1. The van der Waals surface area contributed by atoms with E-state index in [0.717, 1.165) is 23.7 Å². The van der Waals surface area contributed by atoms with E-state index in [4.69, 9.17) is 0 Å². The second-order valence-electron chi connectivity index (χ2n) is 17.6. The molecule has 1 nitrogen and oxygen atoms in total. The van der Waals surface area contributed by atoms with Crippen LogP contribution < -0.4 is 4.90 Å². The SMILES string of the molecule is CC1(C)CCC(C)(C)c2c(N(c3ccccc3)c3ccc4c(c3)-c3cccc(-c5ccccc5)c3C43C4CC5CC(C4)CC3C5)cccc21. The van der Waals surface area contributed by atoms with Crippen LogP contribution in [0.3, 0.4) is 0 Å². The Hall–Kier alpha value is -4.10. The molecular formula is C48H49N. The summed E-state index contributed by atoms with van der Waals surface area (Å²) in [5.41, 5.74) is 16.3. The average molecular weight is 640 g/mol. The third kappa shape index (κ3) is 4.17. The molecule has 0 radical (unpaired) electrons. The van der Waals surface area contributed by atoms with Crippen molar-refractivity contribution in [2.24, 2.45) is 23.7 Å². The van der Waals surface area contributed by atoms with Gasteiger partial charge in [-0.15, -0.1) is 0 Å². The maximum Gasteiger partial charge on any atom is 0.0502 e. The van der Waals surface area contributed by atoms with Gasteiger partial charge in [-0.05, 0) is 154 Å². The largest absolute Gasteiger partial charge is 0.310 e. The van der Waals surface area contributed by atoms with Crippen LogP contribution in [0.15, 0.2) is 115 Å². The molecule has 0 aliphatic heterocycles. The molecular weight excluding hydrogens is 591 g/mol. The number of anilines is 3. The Kier molecular flexibility index (Phi) is 6.36. The fourth-order valence-electron chi connectivity index (χ4n) is 12.1. The molecule has 246 valence electrons. The number of rotatable bonds is 4. The van der Waals surface area contributed by atoms with Gasteiger partial charge in [-0.3, -0.25) is 0 Å². The molecule has 11 rings (SSSR count). The van der Waals surface area contributed by atoms with E-state index < -0.39 is 0 Å². The smallest absolute Gasteiger partial charge is 0.0502 e. The van der Waals surface area contributed by atoms with Gasteiger partial charge in [-0.2, -0.15) is 0 Å². The predicted octanol–water partition coefficient (Wildman–Crippen LogP) is 12.9. The molecule has 49 heavy (non-hydrogen) atoms. The first kappa shape index (κ1) is 29.8. The highest BCUT2D eigenvalue weighted by atomic mass is 15.1. The second kappa shape index (κ2) is 10.5. The Bertz CT molecular complexity index is 2060. The van der Waals surface area contributed by atoms with Crippen molar-refractivity contribution in [3.05, 3.63) is 138 Å². The highest BCUT2D eigenvalue weighted by Gasteiger charge is 2.62. The first-order valence-corrected chi connectivity index (χ1v) is 19.1. The molecule has 0 amide bonds. The van der Waals surface area contributed by atoms with Crippen molar-refractivity contribution in [1.29, 1.82) is 0 Å². The molecule has 0 saturated heterocycles. The lowest BCUT2D eigenvalue weighted by atomic mass is 9.42. The van der Waals surface area contributed by atoms with Crippen molar-refractivity contribution in [3.63, 3.8) is 0 Å². The van der Waals surface area contributed by atoms with Gasteiger partial charge in [0.2, 0.25) is 0 Å². The van der Waals surface area contributed by atoms with Crippen LogP contribution in [0.4, 0.5) is 17.1 Å². The molecule has 6 aliphatic carbocycles. The van der Waals surface area contributed by atoms with Gasteiger partial charge in [0.05, 0.1) is 5.69 Å². The molecule has 4 fully saturated rings. The Balaban J connectivity index is 1.23. The van der Waals surface area contributed by atoms with Crippen LogP contribution in [0.2, 0.25) is 0 Å². The van der Waals surface area contributed by atoms with Crippen molar-refractivity contribution in [2.45, 2.75) is 88.9 Å². The number of benzene rings is 5. The highest BCUT2D eigenvalue weighted by molar-refractivity contribution is 5.92. The minimum absolute atomic E-state index is 0.0901. The summed E-state index contributed by atoms with van der Waals surface area (Å²) in [6, 6.07) is 44.5. The van der Waals surface area contributed by atoms with E-state index in [2.05, 4.69) is 148 Å². The van der Waals surface area contributed by atoms with Crippen LogP contribution in [0, 0.1) is 23.7 Å². The minimum Gasteiger partial charge on any atom is -0.310 e. The van der Waals surface area contributed by atoms with Crippen LogP contribution in [0.1, 0.15) is 94.9 Å². The zero-order chi connectivity index (χ0) is 33.1. The van der Waals surface area contributed by atoms with E-state index in [9.17, 15) is 0 Å². The molecule has 0 N–H and O–H groups in total.